The standard InChI is InChI=1S/C40H30N4/c1-41-38(30-13-5-2-6-14-30)44-39(31-15-7-3-8-16-31)43-28-29-21-22-35-34-19-11-12-20-36(34)40(37(35)27-29,32-17-9-4-10-18-32)33-23-25-42-26-24-33/h2-27H,1,28H2. The third kappa shape index (κ3) is 4.77. The molecule has 5 aromatic carbocycles. The van der Waals surface area contributed by atoms with Gasteiger partial charge in [-0.25, -0.2) is 9.98 Å². The molecule has 0 saturated heterocycles. The molecule has 0 aliphatic heterocycles. The SMILES string of the molecule is C=NC(=NC(=NCc1ccc2c(c1)C(c1ccccc1)(c1ccncc1)c1ccccc1-2)c1ccccc1)c1ccccc1. The van der Waals surface area contributed by atoms with Crippen molar-refractivity contribution in [1.29, 1.82) is 0 Å². The molecule has 0 fully saturated rings. The average molecular weight is 567 g/mol. The van der Waals surface area contributed by atoms with Gasteiger partial charge in [0.1, 0.15) is 0 Å². The van der Waals surface area contributed by atoms with Crippen molar-refractivity contribution in [3.05, 3.63) is 197 Å². The van der Waals surface area contributed by atoms with Crippen LogP contribution in [0.25, 0.3) is 11.1 Å². The monoisotopic (exact) mass is 566 g/mol. The second kappa shape index (κ2) is 11.9. The van der Waals surface area contributed by atoms with E-state index in [2.05, 4.69) is 102 Å². The van der Waals surface area contributed by atoms with Gasteiger partial charge in [-0.3, -0.25) is 9.98 Å². The van der Waals surface area contributed by atoms with Gasteiger partial charge in [0.15, 0.2) is 11.7 Å². The molecule has 1 aliphatic rings. The summed E-state index contributed by atoms with van der Waals surface area (Å²) in [6.07, 6.45) is 3.77. The van der Waals surface area contributed by atoms with Gasteiger partial charge in [0.25, 0.3) is 0 Å². The Kier molecular flexibility index (Phi) is 7.31. The van der Waals surface area contributed by atoms with Crippen molar-refractivity contribution in [1.82, 2.24) is 4.98 Å². The Morgan fingerprint density at radius 1 is 0.568 bits per heavy atom. The molecule has 7 rings (SSSR count). The number of nitrogens with zero attached hydrogens (tertiary/aromatic N) is 4. The number of amidine groups is 2. The molecular formula is C40H30N4. The Bertz CT molecular complexity index is 1940. The van der Waals surface area contributed by atoms with E-state index in [1.807, 2.05) is 73.1 Å². The minimum Gasteiger partial charge on any atom is -0.265 e. The Balaban J connectivity index is 1.38. The van der Waals surface area contributed by atoms with Crippen molar-refractivity contribution < 1.29 is 0 Å². The molecule has 0 spiro atoms. The van der Waals surface area contributed by atoms with E-state index in [-0.39, 0.29) is 0 Å². The third-order valence-electron chi connectivity index (χ3n) is 8.27. The van der Waals surface area contributed by atoms with Gasteiger partial charge in [0.2, 0.25) is 0 Å². The van der Waals surface area contributed by atoms with E-state index in [0.29, 0.717) is 18.2 Å². The Labute approximate surface area is 257 Å². The number of hydrogen-bond acceptors (Lipinski definition) is 2. The lowest BCUT2D eigenvalue weighted by Gasteiger charge is -2.33. The second-order valence-electron chi connectivity index (χ2n) is 10.7. The highest BCUT2D eigenvalue weighted by Gasteiger charge is 2.46. The van der Waals surface area contributed by atoms with E-state index in [9.17, 15) is 0 Å². The number of benzene rings is 5. The van der Waals surface area contributed by atoms with Crippen LogP contribution in [0.15, 0.2) is 173 Å². The van der Waals surface area contributed by atoms with E-state index in [1.165, 1.54) is 33.4 Å². The molecule has 0 N–H and O–H groups in total. The molecule has 1 aliphatic carbocycles. The number of aliphatic imine (C=N–C) groups is 3. The lowest BCUT2D eigenvalue weighted by atomic mass is 9.68. The van der Waals surface area contributed by atoms with Gasteiger partial charge in [-0.2, -0.15) is 0 Å². The van der Waals surface area contributed by atoms with Crippen molar-refractivity contribution in [3.63, 3.8) is 0 Å². The fourth-order valence-electron chi connectivity index (χ4n) is 6.33. The zero-order valence-electron chi connectivity index (χ0n) is 24.2. The molecule has 44 heavy (non-hydrogen) atoms. The van der Waals surface area contributed by atoms with Gasteiger partial charge in [0, 0.05) is 23.5 Å². The molecule has 1 atom stereocenters. The lowest BCUT2D eigenvalue weighted by molar-refractivity contribution is 0.764. The summed E-state index contributed by atoms with van der Waals surface area (Å²) in [4.78, 5) is 18.6. The third-order valence-corrected chi connectivity index (χ3v) is 8.27. The molecule has 0 bridgehead atoms. The van der Waals surface area contributed by atoms with E-state index in [0.717, 1.165) is 16.7 Å². The van der Waals surface area contributed by atoms with E-state index >= 15 is 0 Å². The smallest absolute Gasteiger partial charge is 0.161 e. The van der Waals surface area contributed by atoms with Crippen LogP contribution in [0, 0.1) is 0 Å². The minimum atomic E-state index is -0.483. The summed E-state index contributed by atoms with van der Waals surface area (Å²) in [5.74, 6) is 1.16. The van der Waals surface area contributed by atoms with Gasteiger partial charge in [-0.1, -0.05) is 133 Å². The maximum absolute atomic E-state index is 5.08. The summed E-state index contributed by atoms with van der Waals surface area (Å²) in [6.45, 7) is 4.25. The largest absolute Gasteiger partial charge is 0.265 e. The fourth-order valence-corrected chi connectivity index (χ4v) is 6.33. The normalized spacial score (nSPS) is 15.8. The quantitative estimate of drug-likeness (QED) is 0.147. The number of aromatic nitrogens is 1. The molecular weight excluding hydrogens is 536 g/mol. The molecule has 1 unspecified atom stereocenters. The summed E-state index contributed by atoms with van der Waals surface area (Å²) in [5.41, 5.74) is 9.83. The van der Waals surface area contributed by atoms with Crippen molar-refractivity contribution in [2.45, 2.75) is 12.0 Å². The predicted octanol–water partition coefficient (Wildman–Crippen LogP) is 8.54. The molecule has 0 amide bonds. The van der Waals surface area contributed by atoms with Crippen LogP contribution in [0.4, 0.5) is 0 Å². The van der Waals surface area contributed by atoms with Gasteiger partial charge in [-0.15, -0.1) is 0 Å². The second-order valence-corrected chi connectivity index (χ2v) is 10.7. The number of hydrogen-bond donors (Lipinski definition) is 0. The molecule has 4 nitrogen and oxygen atoms in total. The van der Waals surface area contributed by atoms with Crippen LogP contribution < -0.4 is 0 Å². The zero-order valence-corrected chi connectivity index (χ0v) is 24.2. The maximum Gasteiger partial charge on any atom is 0.161 e. The summed E-state index contributed by atoms with van der Waals surface area (Å²) in [7, 11) is 0. The first-order valence-corrected chi connectivity index (χ1v) is 14.7. The predicted molar refractivity (Wildman–Crippen MR) is 181 cm³/mol. The Hall–Kier alpha value is -5.74. The number of fused-ring (bicyclic) bond motifs is 3. The minimum absolute atomic E-state index is 0.456. The van der Waals surface area contributed by atoms with E-state index < -0.39 is 5.41 Å². The first kappa shape index (κ1) is 27.1. The van der Waals surface area contributed by atoms with Gasteiger partial charge in [0.05, 0.1) is 12.0 Å². The van der Waals surface area contributed by atoms with E-state index in [1.54, 1.807) is 0 Å². The van der Waals surface area contributed by atoms with Gasteiger partial charge >= 0.3 is 0 Å². The van der Waals surface area contributed by atoms with E-state index in [4.69, 9.17) is 9.98 Å². The summed E-state index contributed by atoms with van der Waals surface area (Å²) in [6, 6.07) is 50.5. The van der Waals surface area contributed by atoms with Crippen molar-refractivity contribution in [2.75, 3.05) is 0 Å². The summed E-state index contributed by atoms with van der Waals surface area (Å²) < 4.78 is 0. The topological polar surface area (TPSA) is 50.0 Å². The van der Waals surface area contributed by atoms with Crippen molar-refractivity contribution >= 4 is 18.4 Å². The van der Waals surface area contributed by atoms with Crippen LogP contribution in [-0.2, 0) is 12.0 Å². The summed E-state index contributed by atoms with van der Waals surface area (Å²) in [5, 5.41) is 0. The van der Waals surface area contributed by atoms with Crippen LogP contribution >= 0.6 is 0 Å². The highest BCUT2D eigenvalue weighted by atomic mass is 15.0. The van der Waals surface area contributed by atoms with Crippen molar-refractivity contribution in [2.24, 2.45) is 15.0 Å². The molecule has 0 radical (unpaired) electrons. The molecule has 0 saturated carbocycles. The van der Waals surface area contributed by atoms with Crippen LogP contribution in [0.5, 0.6) is 0 Å². The first-order chi connectivity index (χ1) is 21.8. The van der Waals surface area contributed by atoms with Crippen LogP contribution in [0.3, 0.4) is 0 Å². The zero-order chi connectivity index (χ0) is 29.8. The van der Waals surface area contributed by atoms with Crippen LogP contribution in [-0.4, -0.2) is 23.4 Å². The highest BCUT2D eigenvalue weighted by Crippen LogP contribution is 2.56. The first-order valence-electron chi connectivity index (χ1n) is 14.7. The molecule has 1 aromatic heterocycles. The fraction of sp³-hybridized carbons (Fsp3) is 0.0500. The number of rotatable bonds is 6. The highest BCUT2D eigenvalue weighted by molar-refractivity contribution is 6.12. The average Bonchev–Trinajstić information content (AvgIpc) is 3.40. The molecule has 210 valence electrons. The van der Waals surface area contributed by atoms with Crippen LogP contribution in [0.1, 0.15) is 38.9 Å². The molecule has 6 aromatic rings. The lowest BCUT2D eigenvalue weighted by Crippen LogP contribution is -2.28. The molecule has 4 heteroatoms. The Morgan fingerprint density at radius 3 is 1.82 bits per heavy atom. The molecule has 1 heterocycles. The van der Waals surface area contributed by atoms with Gasteiger partial charge in [-0.05, 0) is 57.8 Å². The van der Waals surface area contributed by atoms with Crippen LogP contribution in [0.2, 0.25) is 0 Å². The van der Waals surface area contributed by atoms with Gasteiger partial charge < -0.3 is 0 Å². The summed E-state index contributed by atoms with van der Waals surface area (Å²) >= 11 is 0. The van der Waals surface area contributed by atoms with Crippen molar-refractivity contribution in [3.8, 4) is 11.1 Å². The number of pyridine rings is 1. The Morgan fingerprint density at radius 2 is 1.14 bits per heavy atom. The maximum atomic E-state index is 5.08.